The normalized spacial score (nSPS) is 10.8. The van der Waals surface area contributed by atoms with E-state index >= 15 is 0 Å². The van der Waals surface area contributed by atoms with Gasteiger partial charge >= 0.3 is 6.18 Å². The summed E-state index contributed by atoms with van der Waals surface area (Å²) in [5, 5.41) is 9.13. The van der Waals surface area contributed by atoms with Crippen LogP contribution in [-0.2, 0) is 13.2 Å². The van der Waals surface area contributed by atoms with Crippen molar-refractivity contribution in [2.24, 2.45) is 7.05 Å². The molecule has 0 aliphatic rings. The summed E-state index contributed by atoms with van der Waals surface area (Å²) in [6.07, 6.45) is 0.440. The molecule has 0 aliphatic carbocycles. The fourth-order valence-electron chi connectivity index (χ4n) is 2.21. The number of benzene rings is 1. The van der Waals surface area contributed by atoms with Gasteiger partial charge in [0.15, 0.2) is 0 Å². The van der Waals surface area contributed by atoms with Gasteiger partial charge in [0, 0.05) is 18.2 Å². The standard InChI is InChI=1S/C17H10ClF3N2O2/c1-3-6-25-14-8-12(13(18)7-10(14)9-22)11-4-5-15(17(19,20)21)23(2)16(11)24/h1,4-5,7-8H,6H2,2H3. The van der Waals surface area contributed by atoms with Crippen molar-refractivity contribution in [1.29, 1.82) is 5.26 Å². The Labute approximate surface area is 146 Å². The van der Waals surface area contributed by atoms with Crippen molar-refractivity contribution in [1.82, 2.24) is 4.57 Å². The molecule has 0 saturated carbocycles. The fraction of sp³-hybridized carbons (Fsp3) is 0.176. The van der Waals surface area contributed by atoms with Crippen LogP contribution in [0.5, 0.6) is 5.75 Å². The lowest BCUT2D eigenvalue weighted by Crippen LogP contribution is -2.26. The molecule has 0 unspecified atom stereocenters. The number of hydrogen-bond acceptors (Lipinski definition) is 3. The second-order valence-corrected chi connectivity index (χ2v) is 5.33. The number of aromatic nitrogens is 1. The van der Waals surface area contributed by atoms with Gasteiger partial charge in [-0.1, -0.05) is 17.5 Å². The molecule has 0 bridgehead atoms. The van der Waals surface area contributed by atoms with E-state index in [9.17, 15) is 18.0 Å². The molecule has 0 amide bonds. The van der Waals surface area contributed by atoms with E-state index in [0.29, 0.717) is 4.57 Å². The van der Waals surface area contributed by atoms with Crippen molar-refractivity contribution in [3.63, 3.8) is 0 Å². The predicted octanol–water partition coefficient (Wildman–Crippen LogP) is 3.61. The number of nitrogens with zero attached hydrogens (tertiary/aromatic N) is 2. The quantitative estimate of drug-likeness (QED) is 0.780. The monoisotopic (exact) mass is 366 g/mol. The van der Waals surface area contributed by atoms with Crippen molar-refractivity contribution in [2.75, 3.05) is 6.61 Å². The predicted molar refractivity (Wildman–Crippen MR) is 86.2 cm³/mol. The Morgan fingerprint density at radius 1 is 1.32 bits per heavy atom. The number of rotatable bonds is 3. The summed E-state index contributed by atoms with van der Waals surface area (Å²) in [5.41, 5.74) is -1.80. The summed E-state index contributed by atoms with van der Waals surface area (Å²) in [6.45, 7) is -0.124. The van der Waals surface area contributed by atoms with E-state index in [-0.39, 0.29) is 34.1 Å². The van der Waals surface area contributed by atoms with Crippen molar-refractivity contribution in [3.8, 4) is 35.3 Å². The Morgan fingerprint density at radius 2 is 2.00 bits per heavy atom. The van der Waals surface area contributed by atoms with Crippen LogP contribution in [0.15, 0.2) is 29.1 Å². The van der Waals surface area contributed by atoms with Crippen molar-refractivity contribution >= 4 is 11.6 Å². The zero-order valence-corrected chi connectivity index (χ0v) is 13.6. The smallest absolute Gasteiger partial charge is 0.431 e. The van der Waals surface area contributed by atoms with Crippen LogP contribution < -0.4 is 10.3 Å². The molecular weight excluding hydrogens is 357 g/mol. The number of alkyl halides is 3. The van der Waals surface area contributed by atoms with Gasteiger partial charge in [-0.05, 0) is 24.3 Å². The summed E-state index contributed by atoms with van der Waals surface area (Å²) in [5.74, 6) is 2.32. The molecule has 0 saturated heterocycles. The third-order valence-corrected chi connectivity index (χ3v) is 3.70. The molecule has 25 heavy (non-hydrogen) atoms. The lowest BCUT2D eigenvalue weighted by Gasteiger charge is -2.14. The summed E-state index contributed by atoms with van der Waals surface area (Å²) in [7, 11) is 1.02. The third kappa shape index (κ3) is 3.62. The topological polar surface area (TPSA) is 55.0 Å². The summed E-state index contributed by atoms with van der Waals surface area (Å²) >= 11 is 6.09. The van der Waals surface area contributed by atoms with Crippen LogP contribution in [0, 0.1) is 23.7 Å². The van der Waals surface area contributed by atoms with E-state index in [4.69, 9.17) is 28.0 Å². The highest BCUT2D eigenvalue weighted by Gasteiger charge is 2.34. The molecule has 0 fully saturated rings. The van der Waals surface area contributed by atoms with Crippen LogP contribution in [0.4, 0.5) is 13.2 Å². The maximum absolute atomic E-state index is 12.9. The first kappa shape index (κ1) is 18.4. The van der Waals surface area contributed by atoms with E-state index in [2.05, 4.69) is 5.92 Å². The van der Waals surface area contributed by atoms with Gasteiger partial charge in [-0.15, -0.1) is 6.42 Å². The van der Waals surface area contributed by atoms with E-state index in [1.165, 1.54) is 12.1 Å². The molecule has 128 valence electrons. The lowest BCUT2D eigenvalue weighted by atomic mass is 10.0. The molecule has 1 aromatic carbocycles. The second kappa shape index (κ2) is 6.92. The van der Waals surface area contributed by atoms with Gasteiger partial charge in [-0.3, -0.25) is 4.79 Å². The molecule has 1 aromatic heterocycles. The molecule has 0 aliphatic heterocycles. The Morgan fingerprint density at radius 3 is 2.56 bits per heavy atom. The maximum Gasteiger partial charge on any atom is 0.431 e. The minimum absolute atomic E-state index is 0.0291. The number of nitriles is 1. The van der Waals surface area contributed by atoms with Crippen LogP contribution in [0.1, 0.15) is 11.3 Å². The lowest BCUT2D eigenvalue weighted by molar-refractivity contribution is -0.143. The molecule has 0 atom stereocenters. The first-order valence-corrected chi connectivity index (χ1v) is 7.16. The second-order valence-electron chi connectivity index (χ2n) is 4.93. The number of terminal acetylenes is 1. The van der Waals surface area contributed by atoms with Crippen LogP contribution in [-0.4, -0.2) is 11.2 Å². The maximum atomic E-state index is 12.9. The Balaban J connectivity index is 2.67. The molecular formula is C17H10ClF3N2O2. The van der Waals surface area contributed by atoms with Gasteiger partial charge in [0.05, 0.1) is 10.6 Å². The van der Waals surface area contributed by atoms with E-state index in [1.807, 2.05) is 6.07 Å². The molecule has 0 spiro atoms. The summed E-state index contributed by atoms with van der Waals surface area (Å²) in [4.78, 5) is 12.3. The SMILES string of the molecule is C#CCOc1cc(-c2ccc(C(F)(F)F)n(C)c2=O)c(Cl)cc1C#N. The average Bonchev–Trinajstić information content (AvgIpc) is 2.55. The molecule has 0 N–H and O–H groups in total. The van der Waals surface area contributed by atoms with Gasteiger partial charge < -0.3 is 9.30 Å². The Bertz CT molecular complexity index is 966. The Kier molecular flexibility index (Phi) is 5.10. The van der Waals surface area contributed by atoms with Crippen molar-refractivity contribution in [2.45, 2.75) is 6.18 Å². The van der Waals surface area contributed by atoms with Gasteiger partial charge in [0.1, 0.15) is 24.1 Å². The van der Waals surface area contributed by atoms with Crippen LogP contribution in [0.2, 0.25) is 5.02 Å². The first-order chi connectivity index (χ1) is 11.7. The first-order valence-electron chi connectivity index (χ1n) is 6.78. The van der Waals surface area contributed by atoms with Crippen molar-refractivity contribution < 1.29 is 17.9 Å². The highest BCUT2D eigenvalue weighted by atomic mass is 35.5. The summed E-state index contributed by atoms with van der Waals surface area (Å²) < 4.78 is 44.4. The number of ether oxygens (including phenoxy) is 1. The molecule has 2 aromatic rings. The van der Waals surface area contributed by atoms with Gasteiger partial charge in [-0.25, -0.2) is 0 Å². The van der Waals surface area contributed by atoms with Crippen LogP contribution in [0.3, 0.4) is 0 Å². The number of halogens is 4. The van der Waals surface area contributed by atoms with E-state index in [0.717, 1.165) is 19.2 Å². The fourth-order valence-corrected chi connectivity index (χ4v) is 2.48. The summed E-state index contributed by atoms with van der Waals surface area (Å²) in [6, 6.07) is 6.26. The highest BCUT2D eigenvalue weighted by Crippen LogP contribution is 2.34. The van der Waals surface area contributed by atoms with E-state index in [1.54, 1.807) is 0 Å². The average molecular weight is 367 g/mol. The molecule has 1 heterocycles. The molecule has 2 rings (SSSR count). The van der Waals surface area contributed by atoms with Gasteiger partial charge in [0.2, 0.25) is 0 Å². The highest BCUT2D eigenvalue weighted by molar-refractivity contribution is 6.33. The van der Waals surface area contributed by atoms with Gasteiger partial charge in [0.25, 0.3) is 5.56 Å². The molecule has 0 radical (unpaired) electrons. The van der Waals surface area contributed by atoms with Gasteiger partial charge in [-0.2, -0.15) is 18.4 Å². The van der Waals surface area contributed by atoms with E-state index < -0.39 is 17.4 Å². The third-order valence-electron chi connectivity index (χ3n) is 3.39. The number of pyridine rings is 1. The van der Waals surface area contributed by atoms with Crippen LogP contribution >= 0.6 is 11.6 Å². The Hall–Kier alpha value is -2.90. The minimum Gasteiger partial charge on any atom is -0.480 e. The molecule has 4 nitrogen and oxygen atoms in total. The van der Waals surface area contributed by atoms with Crippen LogP contribution in [0.25, 0.3) is 11.1 Å². The number of hydrogen-bond donors (Lipinski definition) is 0. The minimum atomic E-state index is -4.66. The van der Waals surface area contributed by atoms with Crippen molar-refractivity contribution in [3.05, 3.63) is 50.9 Å². The zero-order valence-electron chi connectivity index (χ0n) is 12.8. The zero-order chi connectivity index (χ0) is 18.8. The molecule has 8 heteroatoms. The largest absolute Gasteiger partial charge is 0.480 e.